The smallest absolute Gasteiger partial charge is 0.331 e. The summed E-state index contributed by atoms with van der Waals surface area (Å²) >= 11 is 1.57. The number of benzene rings is 1. The highest BCUT2D eigenvalue weighted by Crippen LogP contribution is 2.31. The molecule has 0 aliphatic heterocycles. The van der Waals surface area contributed by atoms with Crippen molar-refractivity contribution in [2.24, 2.45) is 0 Å². The third-order valence-corrected chi connectivity index (χ3v) is 4.33. The van der Waals surface area contributed by atoms with Gasteiger partial charge in [-0.3, -0.25) is 4.79 Å². The van der Waals surface area contributed by atoms with E-state index in [0.717, 1.165) is 5.56 Å². The summed E-state index contributed by atoms with van der Waals surface area (Å²) in [4.78, 5) is 25.4. The number of amides is 1. The lowest BCUT2D eigenvalue weighted by molar-refractivity contribution is -0.147. The number of carbonyl (C=O) groups is 2. The molecule has 0 fully saturated rings. The zero-order valence-corrected chi connectivity index (χ0v) is 15.7. The Hall–Kier alpha value is -2.80. The topological polar surface area (TPSA) is 65.1 Å². The second-order valence-corrected chi connectivity index (χ2v) is 6.19. The fourth-order valence-corrected chi connectivity index (χ4v) is 2.90. The van der Waals surface area contributed by atoms with E-state index in [0.29, 0.717) is 23.6 Å². The summed E-state index contributed by atoms with van der Waals surface area (Å²) in [5.41, 5.74) is 1.71. The SMILES string of the molecule is COc1cccc(/C=C/C(=O)OCC(=O)N(C)Cc2ccsc2)c1OC. The number of likely N-dealkylation sites (N-methyl/N-ethyl adjacent to an activating group) is 1. The molecule has 1 aromatic heterocycles. The first-order chi connectivity index (χ1) is 12.5. The summed E-state index contributed by atoms with van der Waals surface area (Å²) in [5, 5.41) is 3.92. The van der Waals surface area contributed by atoms with E-state index >= 15 is 0 Å². The van der Waals surface area contributed by atoms with Crippen LogP contribution in [-0.4, -0.2) is 44.7 Å². The molecule has 138 valence electrons. The van der Waals surface area contributed by atoms with Gasteiger partial charge in [-0.05, 0) is 34.5 Å². The van der Waals surface area contributed by atoms with E-state index in [1.54, 1.807) is 42.7 Å². The van der Waals surface area contributed by atoms with Crippen LogP contribution in [0.3, 0.4) is 0 Å². The van der Waals surface area contributed by atoms with E-state index in [1.807, 2.05) is 16.8 Å². The normalized spacial score (nSPS) is 10.6. The van der Waals surface area contributed by atoms with Crippen molar-refractivity contribution in [3.63, 3.8) is 0 Å². The van der Waals surface area contributed by atoms with Crippen LogP contribution in [-0.2, 0) is 20.9 Å². The molecule has 2 aromatic rings. The van der Waals surface area contributed by atoms with Gasteiger partial charge in [0.25, 0.3) is 5.91 Å². The Bertz CT molecular complexity index is 770. The number of esters is 1. The summed E-state index contributed by atoms with van der Waals surface area (Å²) in [7, 11) is 4.73. The third-order valence-electron chi connectivity index (χ3n) is 3.60. The van der Waals surface area contributed by atoms with Crippen LogP contribution in [0.5, 0.6) is 11.5 Å². The molecule has 0 radical (unpaired) electrons. The Morgan fingerprint density at radius 1 is 1.19 bits per heavy atom. The third kappa shape index (κ3) is 5.35. The first kappa shape index (κ1) is 19.5. The molecule has 1 heterocycles. The van der Waals surface area contributed by atoms with E-state index < -0.39 is 5.97 Å². The van der Waals surface area contributed by atoms with E-state index in [-0.39, 0.29) is 12.5 Å². The molecular weight excluding hydrogens is 354 g/mol. The van der Waals surface area contributed by atoms with Crippen LogP contribution < -0.4 is 9.47 Å². The van der Waals surface area contributed by atoms with Crippen LogP contribution in [0.2, 0.25) is 0 Å². The van der Waals surface area contributed by atoms with Gasteiger partial charge in [-0.1, -0.05) is 12.1 Å². The zero-order valence-electron chi connectivity index (χ0n) is 14.9. The fourth-order valence-electron chi connectivity index (χ4n) is 2.24. The second-order valence-electron chi connectivity index (χ2n) is 5.41. The Labute approximate surface area is 156 Å². The average molecular weight is 375 g/mol. The number of methoxy groups -OCH3 is 2. The molecule has 26 heavy (non-hydrogen) atoms. The summed E-state index contributed by atoms with van der Waals surface area (Å²) in [6.45, 7) is 0.176. The first-order valence-corrected chi connectivity index (χ1v) is 8.80. The van der Waals surface area contributed by atoms with Gasteiger partial charge in [-0.2, -0.15) is 11.3 Å². The molecule has 1 amide bonds. The van der Waals surface area contributed by atoms with E-state index in [4.69, 9.17) is 14.2 Å². The standard InChI is InChI=1S/C19H21NO5S/c1-20(11-14-9-10-26-13-14)17(21)12-25-18(22)8-7-15-5-4-6-16(23-2)19(15)24-3/h4-10,13H,11-12H2,1-3H3/b8-7+. The van der Waals surface area contributed by atoms with Crippen molar-refractivity contribution < 1.29 is 23.8 Å². The predicted molar refractivity (Wildman–Crippen MR) is 100 cm³/mol. The Kier molecular flexibility index (Phi) is 7.23. The van der Waals surface area contributed by atoms with Gasteiger partial charge >= 0.3 is 5.97 Å². The van der Waals surface area contributed by atoms with E-state index in [2.05, 4.69) is 0 Å². The van der Waals surface area contributed by atoms with Gasteiger partial charge in [-0.15, -0.1) is 0 Å². The van der Waals surface area contributed by atoms with Gasteiger partial charge in [-0.25, -0.2) is 4.79 Å². The lowest BCUT2D eigenvalue weighted by Gasteiger charge is -2.16. The van der Waals surface area contributed by atoms with Crippen LogP contribution in [0.1, 0.15) is 11.1 Å². The quantitative estimate of drug-likeness (QED) is 0.524. The number of thiophene rings is 1. The van der Waals surface area contributed by atoms with Gasteiger partial charge in [0.15, 0.2) is 18.1 Å². The molecule has 0 saturated carbocycles. The number of rotatable bonds is 8. The van der Waals surface area contributed by atoms with Crippen LogP contribution in [0.15, 0.2) is 41.1 Å². The molecule has 0 aliphatic carbocycles. The summed E-state index contributed by atoms with van der Waals surface area (Å²) < 4.78 is 15.5. The van der Waals surface area contributed by atoms with Crippen molar-refractivity contribution in [3.05, 3.63) is 52.2 Å². The lowest BCUT2D eigenvalue weighted by Crippen LogP contribution is -2.30. The molecule has 0 aliphatic rings. The molecule has 1 aromatic carbocycles. The summed E-state index contributed by atoms with van der Waals surface area (Å²) in [6.07, 6.45) is 2.81. The van der Waals surface area contributed by atoms with E-state index in [9.17, 15) is 9.59 Å². The maximum Gasteiger partial charge on any atom is 0.331 e. The van der Waals surface area contributed by atoms with Crippen LogP contribution in [0, 0.1) is 0 Å². The number of hydrogen-bond acceptors (Lipinski definition) is 6. The number of carbonyl (C=O) groups excluding carboxylic acids is 2. The van der Waals surface area contributed by atoms with Gasteiger partial charge in [0, 0.05) is 25.2 Å². The van der Waals surface area contributed by atoms with Crippen LogP contribution in [0.25, 0.3) is 6.08 Å². The zero-order chi connectivity index (χ0) is 18.9. The van der Waals surface area contributed by atoms with Crippen molar-refractivity contribution >= 4 is 29.3 Å². The van der Waals surface area contributed by atoms with Crippen molar-refractivity contribution in [1.29, 1.82) is 0 Å². The monoisotopic (exact) mass is 375 g/mol. The van der Waals surface area contributed by atoms with Crippen molar-refractivity contribution in [2.75, 3.05) is 27.9 Å². The van der Waals surface area contributed by atoms with Gasteiger partial charge in [0.2, 0.25) is 0 Å². The number of para-hydroxylation sites is 1. The number of nitrogens with zero attached hydrogens (tertiary/aromatic N) is 1. The van der Waals surface area contributed by atoms with Crippen LogP contribution >= 0.6 is 11.3 Å². The highest BCUT2D eigenvalue weighted by Gasteiger charge is 2.12. The fraction of sp³-hybridized carbons (Fsp3) is 0.263. The molecule has 6 nitrogen and oxygen atoms in total. The van der Waals surface area contributed by atoms with Crippen molar-refractivity contribution in [1.82, 2.24) is 4.90 Å². The number of ether oxygens (including phenoxy) is 3. The predicted octanol–water partition coefficient (Wildman–Crippen LogP) is 2.98. The Balaban J connectivity index is 1.88. The summed E-state index contributed by atoms with van der Waals surface area (Å²) in [6, 6.07) is 7.28. The minimum atomic E-state index is -0.604. The average Bonchev–Trinajstić information content (AvgIpc) is 3.16. The largest absolute Gasteiger partial charge is 0.493 e. The Morgan fingerprint density at radius 2 is 2.00 bits per heavy atom. The van der Waals surface area contributed by atoms with Gasteiger partial charge in [0.05, 0.1) is 14.2 Å². The molecule has 0 bridgehead atoms. The molecule has 7 heteroatoms. The lowest BCUT2D eigenvalue weighted by atomic mass is 10.1. The number of hydrogen-bond donors (Lipinski definition) is 0. The molecule has 0 atom stereocenters. The minimum absolute atomic E-state index is 0.267. The molecule has 0 saturated heterocycles. The molecule has 0 spiro atoms. The first-order valence-electron chi connectivity index (χ1n) is 7.86. The van der Waals surface area contributed by atoms with Gasteiger partial charge < -0.3 is 19.1 Å². The maximum atomic E-state index is 12.0. The van der Waals surface area contributed by atoms with Crippen molar-refractivity contribution in [3.8, 4) is 11.5 Å². The molecule has 0 N–H and O–H groups in total. The summed E-state index contributed by atoms with van der Waals surface area (Å²) in [5.74, 6) is 0.211. The highest BCUT2D eigenvalue weighted by atomic mass is 32.1. The Morgan fingerprint density at radius 3 is 2.65 bits per heavy atom. The maximum absolute atomic E-state index is 12.0. The minimum Gasteiger partial charge on any atom is -0.493 e. The second kappa shape index (κ2) is 9.62. The van der Waals surface area contributed by atoms with Crippen molar-refractivity contribution in [2.45, 2.75) is 6.54 Å². The molecular formula is C19H21NO5S. The molecule has 0 unspecified atom stereocenters. The van der Waals surface area contributed by atoms with Gasteiger partial charge in [0.1, 0.15) is 0 Å². The van der Waals surface area contributed by atoms with E-state index in [1.165, 1.54) is 25.2 Å². The highest BCUT2D eigenvalue weighted by molar-refractivity contribution is 7.07. The van der Waals surface area contributed by atoms with Crippen LogP contribution in [0.4, 0.5) is 0 Å². The molecule has 2 rings (SSSR count).